The lowest BCUT2D eigenvalue weighted by atomic mass is 9.84. The first kappa shape index (κ1) is 12.8. The van der Waals surface area contributed by atoms with Gasteiger partial charge in [-0.15, -0.1) is 0 Å². The Balaban J connectivity index is 1.76. The summed E-state index contributed by atoms with van der Waals surface area (Å²) in [5.74, 6) is 1.07. The number of benzene rings is 1. The fraction of sp³-hybridized carbons (Fsp3) is 0.625. The van der Waals surface area contributed by atoms with Crippen LogP contribution in [0.2, 0.25) is 0 Å². The summed E-state index contributed by atoms with van der Waals surface area (Å²) in [5.41, 5.74) is 2.93. The molecule has 3 nitrogen and oxygen atoms in total. The Labute approximate surface area is 115 Å². The summed E-state index contributed by atoms with van der Waals surface area (Å²) in [6, 6.07) is 6.44. The van der Waals surface area contributed by atoms with E-state index in [0.717, 1.165) is 31.1 Å². The fourth-order valence-corrected chi connectivity index (χ4v) is 3.28. The molecule has 0 unspecified atom stereocenters. The molecule has 1 fully saturated rings. The van der Waals surface area contributed by atoms with Gasteiger partial charge in [0.25, 0.3) is 0 Å². The van der Waals surface area contributed by atoms with Gasteiger partial charge in [0.1, 0.15) is 12.4 Å². The molecule has 0 saturated carbocycles. The van der Waals surface area contributed by atoms with Crippen molar-refractivity contribution in [1.82, 2.24) is 4.90 Å². The van der Waals surface area contributed by atoms with Crippen molar-refractivity contribution in [3.05, 3.63) is 23.8 Å². The van der Waals surface area contributed by atoms with Crippen molar-refractivity contribution in [3.8, 4) is 5.75 Å². The average molecular weight is 260 g/mol. The van der Waals surface area contributed by atoms with Crippen LogP contribution in [0.4, 0.5) is 5.69 Å². The van der Waals surface area contributed by atoms with Gasteiger partial charge in [-0.1, -0.05) is 26.0 Å². The van der Waals surface area contributed by atoms with Crippen LogP contribution in [-0.2, 0) is 6.54 Å². The van der Waals surface area contributed by atoms with Crippen molar-refractivity contribution < 1.29 is 4.74 Å². The van der Waals surface area contributed by atoms with Gasteiger partial charge in [0.15, 0.2) is 0 Å². The number of nitrogens with zero attached hydrogens (tertiary/aromatic N) is 1. The molecule has 0 radical (unpaired) electrons. The van der Waals surface area contributed by atoms with Gasteiger partial charge in [-0.2, -0.15) is 0 Å². The summed E-state index contributed by atoms with van der Waals surface area (Å²) in [6.07, 6.45) is 2.65. The van der Waals surface area contributed by atoms with Gasteiger partial charge in [0.05, 0.1) is 5.69 Å². The number of fused-ring (bicyclic) bond motifs is 1. The summed E-state index contributed by atoms with van der Waals surface area (Å²) in [5, 5.41) is 3.41. The standard InChI is InChI=1S/C16H24N2O/c1-16(2)7-4-9-18(12-16)11-13-5-3-6-14-15(13)19-10-8-17-14/h3,5-6,17H,4,7-12H2,1-2H3. The topological polar surface area (TPSA) is 24.5 Å². The van der Waals surface area contributed by atoms with Crippen LogP contribution in [0.5, 0.6) is 5.75 Å². The second kappa shape index (κ2) is 5.04. The van der Waals surface area contributed by atoms with Gasteiger partial charge in [-0.3, -0.25) is 4.90 Å². The number of hydrogen-bond donors (Lipinski definition) is 1. The zero-order valence-corrected chi connectivity index (χ0v) is 12.0. The van der Waals surface area contributed by atoms with Gasteiger partial charge in [0.2, 0.25) is 0 Å². The molecule has 3 heteroatoms. The molecule has 104 valence electrons. The minimum atomic E-state index is 0.451. The number of ether oxygens (including phenoxy) is 1. The molecule has 1 saturated heterocycles. The molecule has 2 heterocycles. The van der Waals surface area contributed by atoms with Gasteiger partial charge in [-0.05, 0) is 30.9 Å². The largest absolute Gasteiger partial charge is 0.489 e. The number of piperidine rings is 1. The van der Waals surface area contributed by atoms with Gasteiger partial charge >= 0.3 is 0 Å². The van der Waals surface area contributed by atoms with Gasteiger partial charge < -0.3 is 10.1 Å². The van der Waals surface area contributed by atoms with E-state index in [9.17, 15) is 0 Å². The SMILES string of the molecule is CC1(C)CCCN(Cc2cccc3c2OCCN3)C1. The minimum Gasteiger partial charge on any atom is -0.489 e. The van der Waals surface area contributed by atoms with Crippen LogP contribution in [0.1, 0.15) is 32.3 Å². The van der Waals surface area contributed by atoms with Crippen LogP contribution in [0.15, 0.2) is 18.2 Å². The Morgan fingerprint density at radius 3 is 3.11 bits per heavy atom. The molecule has 3 rings (SSSR count). The first-order valence-corrected chi connectivity index (χ1v) is 7.35. The van der Waals surface area contributed by atoms with Crippen molar-refractivity contribution in [2.24, 2.45) is 5.41 Å². The van der Waals surface area contributed by atoms with Crippen LogP contribution in [0, 0.1) is 5.41 Å². The molecule has 1 aromatic carbocycles. The number of anilines is 1. The lowest BCUT2D eigenvalue weighted by Crippen LogP contribution is -2.39. The first-order chi connectivity index (χ1) is 9.14. The van der Waals surface area contributed by atoms with Crippen molar-refractivity contribution in [2.45, 2.75) is 33.2 Å². The lowest BCUT2D eigenvalue weighted by molar-refractivity contribution is 0.110. The second-order valence-corrected chi connectivity index (χ2v) is 6.55. The Kier molecular flexibility index (Phi) is 3.40. The third-order valence-corrected chi connectivity index (χ3v) is 4.13. The molecule has 0 amide bonds. The van der Waals surface area contributed by atoms with Gasteiger partial charge in [0, 0.05) is 25.2 Å². The van der Waals surface area contributed by atoms with E-state index >= 15 is 0 Å². The molecular formula is C16H24N2O. The Morgan fingerprint density at radius 1 is 1.37 bits per heavy atom. The number of para-hydroxylation sites is 1. The van der Waals surface area contributed by atoms with E-state index in [1.165, 1.54) is 31.5 Å². The number of nitrogens with one attached hydrogen (secondary N) is 1. The molecule has 0 aromatic heterocycles. The van der Waals surface area contributed by atoms with Crippen molar-refractivity contribution in [3.63, 3.8) is 0 Å². The van der Waals surface area contributed by atoms with Crippen molar-refractivity contribution >= 4 is 5.69 Å². The molecule has 2 aliphatic heterocycles. The Bertz CT molecular complexity index is 456. The normalized spacial score (nSPS) is 22.2. The van der Waals surface area contributed by atoms with E-state index in [1.54, 1.807) is 0 Å². The zero-order chi connectivity index (χ0) is 13.3. The van der Waals surface area contributed by atoms with E-state index in [0.29, 0.717) is 5.41 Å². The third kappa shape index (κ3) is 2.86. The van der Waals surface area contributed by atoms with E-state index in [4.69, 9.17) is 4.74 Å². The van der Waals surface area contributed by atoms with Crippen molar-refractivity contribution in [2.75, 3.05) is 31.6 Å². The molecule has 1 N–H and O–H groups in total. The minimum absolute atomic E-state index is 0.451. The summed E-state index contributed by atoms with van der Waals surface area (Å²) in [4.78, 5) is 2.57. The average Bonchev–Trinajstić information content (AvgIpc) is 2.38. The highest BCUT2D eigenvalue weighted by molar-refractivity contribution is 5.61. The zero-order valence-electron chi connectivity index (χ0n) is 12.0. The lowest BCUT2D eigenvalue weighted by Gasteiger charge is -2.38. The second-order valence-electron chi connectivity index (χ2n) is 6.55. The summed E-state index contributed by atoms with van der Waals surface area (Å²) < 4.78 is 5.86. The Hall–Kier alpha value is -1.22. The van der Waals surface area contributed by atoms with Crippen LogP contribution in [0.25, 0.3) is 0 Å². The van der Waals surface area contributed by atoms with E-state index < -0.39 is 0 Å². The van der Waals surface area contributed by atoms with Crippen LogP contribution in [-0.4, -0.2) is 31.1 Å². The number of rotatable bonds is 2. The molecule has 1 aromatic rings. The van der Waals surface area contributed by atoms with Crippen LogP contribution in [0.3, 0.4) is 0 Å². The smallest absolute Gasteiger partial charge is 0.146 e. The highest BCUT2D eigenvalue weighted by Gasteiger charge is 2.27. The number of likely N-dealkylation sites (tertiary alicyclic amines) is 1. The third-order valence-electron chi connectivity index (χ3n) is 4.13. The maximum Gasteiger partial charge on any atom is 0.146 e. The highest BCUT2D eigenvalue weighted by Crippen LogP contribution is 2.34. The first-order valence-electron chi connectivity index (χ1n) is 7.35. The fourth-order valence-electron chi connectivity index (χ4n) is 3.28. The molecular weight excluding hydrogens is 236 g/mol. The molecule has 0 bridgehead atoms. The Morgan fingerprint density at radius 2 is 2.26 bits per heavy atom. The van der Waals surface area contributed by atoms with E-state index in [-0.39, 0.29) is 0 Å². The molecule has 0 atom stereocenters. The predicted octanol–water partition coefficient (Wildman–Crippen LogP) is 3.11. The molecule has 19 heavy (non-hydrogen) atoms. The predicted molar refractivity (Wildman–Crippen MR) is 78.7 cm³/mol. The number of hydrogen-bond acceptors (Lipinski definition) is 3. The molecule has 0 aliphatic carbocycles. The summed E-state index contributed by atoms with van der Waals surface area (Å²) in [6.45, 7) is 9.83. The molecule has 0 spiro atoms. The van der Waals surface area contributed by atoms with Crippen molar-refractivity contribution in [1.29, 1.82) is 0 Å². The van der Waals surface area contributed by atoms with Crippen LogP contribution < -0.4 is 10.1 Å². The maximum atomic E-state index is 5.86. The van der Waals surface area contributed by atoms with E-state index in [1.807, 2.05) is 0 Å². The monoisotopic (exact) mass is 260 g/mol. The quantitative estimate of drug-likeness (QED) is 0.884. The maximum absolute atomic E-state index is 5.86. The van der Waals surface area contributed by atoms with E-state index in [2.05, 4.69) is 42.3 Å². The van der Waals surface area contributed by atoms with Gasteiger partial charge in [-0.25, -0.2) is 0 Å². The van der Waals surface area contributed by atoms with Crippen LogP contribution >= 0.6 is 0 Å². The summed E-state index contributed by atoms with van der Waals surface area (Å²) >= 11 is 0. The summed E-state index contributed by atoms with van der Waals surface area (Å²) in [7, 11) is 0. The molecule has 2 aliphatic rings. The highest BCUT2D eigenvalue weighted by atomic mass is 16.5.